The molecule has 2 heterocycles. The van der Waals surface area contributed by atoms with E-state index < -0.39 is 5.41 Å². The summed E-state index contributed by atoms with van der Waals surface area (Å²) in [4.78, 5) is 27.0. The number of H-pyrrole nitrogens is 1. The lowest BCUT2D eigenvalue weighted by Gasteiger charge is -2.12. The minimum absolute atomic E-state index is 0.0165. The Morgan fingerprint density at radius 3 is 2.69 bits per heavy atom. The molecule has 3 rings (SSSR count). The molecule has 0 saturated heterocycles. The van der Waals surface area contributed by atoms with Crippen molar-refractivity contribution in [3.05, 3.63) is 73.4 Å². The summed E-state index contributed by atoms with van der Waals surface area (Å²) < 4.78 is 2.95. The van der Waals surface area contributed by atoms with Crippen LogP contribution in [0.5, 0.6) is 0 Å². The Bertz CT molecular complexity index is 1080. The number of nitrogens with zero attached hydrogens (tertiary/aromatic N) is 2. The first-order valence-electron chi connectivity index (χ1n) is 8.35. The molecular weight excluding hydrogens is 346 g/mol. The highest BCUT2D eigenvalue weighted by atomic mass is 32.1. The summed E-state index contributed by atoms with van der Waals surface area (Å²) in [5.41, 5.74) is 1.35. The van der Waals surface area contributed by atoms with Crippen LogP contribution in [0.2, 0.25) is 0 Å². The topological polar surface area (TPSA) is 67.8 Å². The van der Waals surface area contributed by atoms with Crippen molar-refractivity contribution in [2.75, 3.05) is 0 Å². The quantitative estimate of drug-likeness (QED) is 0.766. The standard InChI is InChI=1S/C20H21N3O2S/c1-20(2,3)17(24)10-18-22-19(25)16(26-18)9-15-11-21-23(13-15)12-14-7-5-4-6-8-14/h4-11,13H,12H2,1-3H3,(H,22,25)/b16-9+,18-10+. The van der Waals surface area contributed by atoms with E-state index in [-0.39, 0.29) is 11.3 Å². The van der Waals surface area contributed by atoms with Crippen LogP contribution in [0, 0.1) is 5.41 Å². The van der Waals surface area contributed by atoms with Crippen LogP contribution in [0.1, 0.15) is 31.9 Å². The van der Waals surface area contributed by atoms with Gasteiger partial charge in [0.1, 0.15) is 0 Å². The molecule has 0 spiro atoms. The Morgan fingerprint density at radius 1 is 1.27 bits per heavy atom. The maximum Gasteiger partial charge on any atom is 0.266 e. The first kappa shape index (κ1) is 18.1. The van der Waals surface area contributed by atoms with Crippen molar-refractivity contribution in [2.24, 2.45) is 5.41 Å². The zero-order chi connectivity index (χ0) is 18.7. The Kier molecular flexibility index (Phi) is 5.04. The zero-order valence-electron chi connectivity index (χ0n) is 15.0. The Labute approximate surface area is 155 Å². The summed E-state index contributed by atoms with van der Waals surface area (Å²) in [6, 6.07) is 10.1. The van der Waals surface area contributed by atoms with Gasteiger partial charge in [-0.1, -0.05) is 51.1 Å². The number of rotatable bonds is 4. The lowest BCUT2D eigenvalue weighted by molar-refractivity contribution is -0.119. The summed E-state index contributed by atoms with van der Waals surface area (Å²) >= 11 is 1.27. The smallest absolute Gasteiger partial charge is 0.266 e. The van der Waals surface area contributed by atoms with Gasteiger partial charge in [-0.3, -0.25) is 14.3 Å². The predicted octanol–water partition coefficient (Wildman–Crippen LogP) is 1.91. The maximum absolute atomic E-state index is 12.1. The molecular formula is C20H21N3O2S. The van der Waals surface area contributed by atoms with Gasteiger partial charge in [0.05, 0.1) is 21.9 Å². The normalized spacial score (nSPS) is 13.3. The molecule has 26 heavy (non-hydrogen) atoms. The second kappa shape index (κ2) is 7.25. The minimum Gasteiger partial charge on any atom is -0.313 e. The van der Waals surface area contributed by atoms with Gasteiger partial charge in [-0.15, -0.1) is 11.3 Å². The Hall–Kier alpha value is -2.73. The van der Waals surface area contributed by atoms with Gasteiger partial charge in [0.15, 0.2) is 5.78 Å². The molecule has 0 saturated carbocycles. The number of hydrogen-bond acceptors (Lipinski definition) is 4. The molecule has 0 aliphatic rings. The van der Waals surface area contributed by atoms with E-state index in [4.69, 9.17) is 0 Å². The van der Waals surface area contributed by atoms with Crippen molar-refractivity contribution in [1.82, 2.24) is 14.8 Å². The van der Waals surface area contributed by atoms with E-state index in [1.165, 1.54) is 17.4 Å². The largest absolute Gasteiger partial charge is 0.313 e. The van der Waals surface area contributed by atoms with E-state index in [1.54, 1.807) is 12.3 Å². The maximum atomic E-state index is 12.1. The molecule has 0 amide bonds. The SMILES string of the molecule is CC(C)(C)C(=O)/C=c1\[nH]c(=O)/c(=C\c2cnn(Cc3ccccc3)c2)s1. The number of carbonyl (C=O) groups excluding carboxylic acids is 1. The number of carbonyl (C=O) groups is 1. The summed E-state index contributed by atoms with van der Waals surface area (Å²) in [6.07, 6.45) is 6.92. The minimum atomic E-state index is -0.469. The Balaban J connectivity index is 1.86. The van der Waals surface area contributed by atoms with Crippen LogP contribution >= 0.6 is 11.3 Å². The summed E-state index contributed by atoms with van der Waals surface area (Å²) in [7, 11) is 0. The van der Waals surface area contributed by atoms with E-state index in [1.807, 2.05) is 62.0 Å². The lowest BCUT2D eigenvalue weighted by atomic mass is 9.91. The molecule has 0 aliphatic carbocycles. The van der Waals surface area contributed by atoms with Gasteiger partial charge >= 0.3 is 0 Å². The van der Waals surface area contributed by atoms with Gasteiger partial charge in [-0.2, -0.15) is 5.10 Å². The van der Waals surface area contributed by atoms with Gasteiger partial charge in [-0.25, -0.2) is 0 Å². The summed E-state index contributed by atoms with van der Waals surface area (Å²) in [5.74, 6) is -0.0165. The number of aromatic nitrogens is 3. The van der Waals surface area contributed by atoms with E-state index in [9.17, 15) is 9.59 Å². The van der Waals surface area contributed by atoms with Gasteiger partial charge in [-0.05, 0) is 11.6 Å². The van der Waals surface area contributed by atoms with E-state index in [0.717, 1.165) is 11.1 Å². The fraction of sp³-hybridized carbons (Fsp3) is 0.250. The first-order valence-corrected chi connectivity index (χ1v) is 9.16. The van der Waals surface area contributed by atoms with Crippen molar-refractivity contribution in [3.63, 3.8) is 0 Å². The predicted molar refractivity (Wildman–Crippen MR) is 104 cm³/mol. The number of nitrogens with one attached hydrogen (secondary N) is 1. The molecule has 0 unspecified atom stereocenters. The lowest BCUT2D eigenvalue weighted by Crippen LogP contribution is -2.22. The molecule has 0 bridgehead atoms. The number of aromatic amines is 1. The summed E-state index contributed by atoms with van der Waals surface area (Å²) in [6.45, 7) is 6.23. The fourth-order valence-corrected chi connectivity index (χ4v) is 3.21. The van der Waals surface area contributed by atoms with E-state index >= 15 is 0 Å². The van der Waals surface area contributed by atoms with Gasteiger partial charge in [0.25, 0.3) is 5.56 Å². The number of Topliss-reactive ketones (excluding diaryl/α,β-unsaturated/α-hetero) is 1. The molecule has 0 fully saturated rings. The highest BCUT2D eigenvalue weighted by Gasteiger charge is 2.18. The van der Waals surface area contributed by atoms with E-state index in [0.29, 0.717) is 15.7 Å². The van der Waals surface area contributed by atoms with Crippen LogP contribution in [-0.4, -0.2) is 20.5 Å². The van der Waals surface area contributed by atoms with Gasteiger partial charge in [0.2, 0.25) is 0 Å². The molecule has 2 aromatic heterocycles. The second-order valence-corrected chi connectivity index (χ2v) is 8.23. The second-order valence-electron chi connectivity index (χ2n) is 7.14. The molecule has 5 nitrogen and oxygen atoms in total. The zero-order valence-corrected chi connectivity index (χ0v) is 15.8. The first-order chi connectivity index (χ1) is 12.3. The monoisotopic (exact) mass is 367 g/mol. The molecule has 0 atom stereocenters. The third kappa shape index (κ3) is 4.46. The highest BCUT2D eigenvalue weighted by Crippen LogP contribution is 2.14. The average molecular weight is 367 g/mol. The van der Waals surface area contributed by atoms with Crippen molar-refractivity contribution in [3.8, 4) is 0 Å². The number of thiazole rings is 1. The number of ketones is 1. The third-order valence-corrected chi connectivity index (χ3v) is 4.78. The number of benzene rings is 1. The average Bonchev–Trinajstić information content (AvgIpc) is 3.15. The fourth-order valence-electron chi connectivity index (χ4n) is 2.32. The highest BCUT2D eigenvalue weighted by molar-refractivity contribution is 7.07. The molecule has 1 N–H and O–H groups in total. The van der Waals surface area contributed by atoms with Gasteiger partial charge in [0, 0.05) is 23.3 Å². The van der Waals surface area contributed by atoms with Crippen molar-refractivity contribution in [2.45, 2.75) is 27.3 Å². The van der Waals surface area contributed by atoms with Crippen LogP contribution in [0.3, 0.4) is 0 Å². The van der Waals surface area contributed by atoms with Crippen LogP contribution in [-0.2, 0) is 11.3 Å². The van der Waals surface area contributed by atoms with Crippen molar-refractivity contribution >= 4 is 29.3 Å². The molecule has 0 radical (unpaired) electrons. The van der Waals surface area contributed by atoms with Crippen LogP contribution in [0.4, 0.5) is 0 Å². The molecule has 6 heteroatoms. The molecule has 3 aromatic rings. The molecule has 0 aliphatic heterocycles. The molecule has 134 valence electrons. The van der Waals surface area contributed by atoms with Crippen molar-refractivity contribution in [1.29, 1.82) is 0 Å². The van der Waals surface area contributed by atoms with Crippen LogP contribution in [0.25, 0.3) is 12.2 Å². The van der Waals surface area contributed by atoms with Crippen LogP contribution in [0.15, 0.2) is 47.5 Å². The van der Waals surface area contributed by atoms with Gasteiger partial charge < -0.3 is 4.98 Å². The molecule has 1 aromatic carbocycles. The third-order valence-electron chi connectivity index (χ3n) is 3.82. The van der Waals surface area contributed by atoms with E-state index in [2.05, 4.69) is 10.1 Å². The van der Waals surface area contributed by atoms with Crippen LogP contribution < -0.4 is 14.8 Å². The Morgan fingerprint density at radius 2 is 2.00 bits per heavy atom. The summed E-state index contributed by atoms with van der Waals surface area (Å²) in [5, 5.41) is 4.34. The number of hydrogen-bond donors (Lipinski definition) is 1. The van der Waals surface area contributed by atoms with Crippen molar-refractivity contribution < 1.29 is 4.79 Å².